The van der Waals surface area contributed by atoms with Gasteiger partial charge < -0.3 is 0 Å². The molecule has 0 radical (unpaired) electrons. The molecule has 0 amide bonds. The Hall–Kier alpha value is -0.0600. The summed E-state index contributed by atoms with van der Waals surface area (Å²) in [5.41, 5.74) is 0. The smallest absolute Gasteiger partial charge is 0.212 e. The Labute approximate surface area is 98.2 Å². The van der Waals surface area contributed by atoms with Crippen LogP contribution in [-0.2, 0) is 10.0 Å². The highest BCUT2D eigenvalue weighted by Crippen LogP contribution is 2.06. The zero-order valence-corrected chi connectivity index (χ0v) is 10.9. The molecule has 90 valence electrons. The van der Waals surface area contributed by atoms with Gasteiger partial charge >= 0.3 is 0 Å². The predicted molar refractivity (Wildman–Crippen MR) is 65.8 cm³/mol. The van der Waals surface area contributed by atoms with Crippen LogP contribution in [0.4, 0.5) is 0 Å². The largest absolute Gasteiger partial charge is 0.214 e. The van der Waals surface area contributed by atoms with Gasteiger partial charge in [0.05, 0.1) is 5.75 Å². The minimum Gasteiger partial charge on any atom is -0.212 e. The molecule has 0 heterocycles. The number of nitrogens with zero attached hydrogens (tertiary/aromatic N) is 1. The molecule has 0 aromatic rings. The molecule has 0 N–H and O–H groups in total. The summed E-state index contributed by atoms with van der Waals surface area (Å²) in [6.07, 6.45) is 3.81. The van der Waals surface area contributed by atoms with E-state index < -0.39 is 10.0 Å². The maximum Gasteiger partial charge on any atom is 0.214 e. The van der Waals surface area contributed by atoms with Crippen molar-refractivity contribution >= 4 is 21.6 Å². The highest BCUT2D eigenvalue weighted by molar-refractivity contribution is 7.89. The molecule has 15 heavy (non-hydrogen) atoms. The summed E-state index contributed by atoms with van der Waals surface area (Å²) in [7, 11) is -3.12. The molecule has 0 aromatic heterocycles. The van der Waals surface area contributed by atoms with E-state index in [9.17, 15) is 8.42 Å². The van der Waals surface area contributed by atoms with Crippen LogP contribution in [0.1, 0.15) is 26.2 Å². The Morgan fingerprint density at radius 1 is 1.40 bits per heavy atom. The third-order valence-corrected chi connectivity index (χ3v) is 4.18. The van der Waals surface area contributed by atoms with Crippen molar-refractivity contribution in [3.8, 4) is 0 Å². The van der Waals surface area contributed by atoms with E-state index in [1.54, 1.807) is 6.08 Å². The van der Waals surface area contributed by atoms with Gasteiger partial charge in [0.1, 0.15) is 0 Å². The molecular weight excluding hydrogens is 234 g/mol. The van der Waals surface area contributed by atoms with Crippen LogP contribution in [0.3, 0.4) is 0 Å². The Morgan fingerprint density at radius 3 is 2.53 bits per heavy atom. The molecule has 0 unspecified atom stereocenters. The van der Waals surface area contributed by atoms with Crippen molar-refractivity contribution < 1.29 is 8.42 Å². The van der Waals surface area contributed by atoms with Gasteiger partial charge in [-0.05, 0) is 19.3 Å². The monoisotopic (exact) mass is 253 g/mol. The molecular formula is C10H20ClNO2S. The highest BCUT2D eigenvalue weighted by atomic mass is 35.5. The standard InChI is InChI=1S/C10H20ClNO2S/c1-3-8-12(9-4-2)15(13,14)10-6-5-7-11/h3H,1,4-10H2,2H3. The van der Waals surface area contributed by atoms with Crippen LogP contribution in [0.5, 0.6) is 0 Å². The Balaban J connectivity index is 4.28. The van der Waals surface area contributed by atoms with Gasteiger partial charge in [-0.1, -0.05) is 13.0 Å². The van der Waals surface area contributed by atoms with E-state index in [1.807, 2.05) is 6.92 Å². The van der Waals surface area contributed by atoms with E-state index in [4.69, 9.17) is 11.6 Å². The summed E-state index contributed by atoms with van der Waals surface area (Å²) in [5.74, 6) is 0.707. The second-order valence-electron chi connectivity index (χ2n) is 3.36. The number of rotatable bonds is 9. The molecule has 3 nitrogen and oxygen atoms in total. The number of unbranched alkanes of at least 4 members (excludes halogenated alkanes) is 1. The second kappa shape index (κ2) is 8.13. The number of halogens is 1. The summed E-state index contributed by atoms with van der Waals surface area (Å²) in [5, 5.41) is 0. The first-order valence-corrected chi connectivity index (χ1v) is 7.37. The van der Waals surface area contributed by atoms with Crippen LogP contribution in [-0.4, -0.2) is 37.4 Å². The first-order chi connectivity index (χ1) is 7.08. The minimum atomic E-state index is -3.12. The fourth-order valence-electron chi connectivity index (χ4n) is 1.25. The van der Waals surface area contributed by atoms with Gasteiger partial charge in [-0.15, -0.1) is 18.2 Å². The molecule has 0 aliphatic heterocycles. The summed E-state index contributed by atoms with van der Waals surface area (Å²) in [6, 6.07) is 0. The molecule has 0 aromatic carbocycles. The first kappa shape index (κ1) is 14.9. The van der Waals surface area contributed by atoms with E-state index in [2.05, 4.69) is 6.58 Å². The highest BCUT2D eigenvalue weighted by Gasteiger charge is 2.18. The van der Waals surface area contributed by atoms with Crippen molar-refractivity contribution in [3.63, 3.8) is 0 Å². The van der Waals surface area contributed by atoms with Crippen LogP contribution in [0.25, 0.3) is 0 Å². The van der Waals surface area contributed by atoms with Gasteiger partial charge in [-0.25, -0.2) is 8.42 Å². The topological polar surface area (TPSA) is 37.4 Å². The average molecular weight is 254 g/mol. The van der Waals surface area contributed by atoms with Crippen molar-refractivity contribution in [2.24, 2.45) is 0 Å². The molecule has 0 saturated heterocycles. The molecule has 0 bridgehead atoms. The molecule has 0 saturated carbocycles. The van der Waals surface area contributed by atoms with Crippen molar-refractivity contribution in [3.05, 3.63) is 12.7 Å². The van der Waals surface area contributed by atoms with Crippen molar-refractivity contribution in [1.29, 1.82) is 0 Å². The SMILES string of the molecule is C=CCN(CCC)S(=O)(=O)CCCCCl. The summed E-state index contributed by atoms with van der Waals surface area (Å²) in [4.78, 5) is 0. The Bertz CT molecular complexity index is 265. The number of alkyl halides is 1. The van der Waals surface area contributed by atoms with E-state index in [0.29, 0.717) is 25.4 Å². The number of hydrogen-bond donors (Lipinski definition) is 0. The molecule has 0 aliphatic carbocycles. The molecule has 0 rings (SSSR count). The van der Waals surface area contributed by atoms with Gasteiger partial charge in [0.25, 0.3) is 0 Å². The Kier molecular flexibility index (Phi) is 8.10. The van der Waals surface area contributed by atoms with Crippen LogP contribution < -0.4 is 0 Å². The molecule has 0 atom stereocenters. The molecule has 0 spiro atoms. The van der Waals surface area contributed by atoms with Gasteiger partial charge in [-0.2, -0.15) is 4.31 Å². The van der Waals surface area contributed by atoms with E-state index in [1.165, 1.54) is 4.31 Å². The minimum absolute atomic E-state index is 0.188. The van der Waals surface area contributed by atoms with E-state index >= 15 is 0 Å². The van der Waals surface area contributed by atoms with Crippen LogP contribution >= 0.6 is 11.6 Å². The quantitative estimate of drug-likeness (QED) is 0.359. The third-order valence-electron chi connectivity index (χ3n) is 1.99. The molecule has 0 fully saturated rings. The number of hydrogen-bond acceptors (Lipinski definition) is 2. The summed E-state index contributed by atoms with van der Waals surface area (Å²) >= 11 is 5.51. The fraction of sp³-hybridized carbons (Fsp3) is 0.800. The lowest BCUT2D eigenvalue weighted by Crippen LogP contribution is -2.33. The lowest BCUT2D eigenvalue weighted by Gasteiger charge is -2.19. The number of sulfonamides is 1. The summed E-state index contributed by atoms with van der Waals surface area (Å²) < 4.78 is 25.1. The zero-order valence-electron chi connectivity index (χ0n) is 9.28. The lowest BCUT2D eigenvalue weighted by molar-refractivity contribution is 0.440. The van der Waals surface area contributed by atoms with Crippen molar-refractivity contribution in [2.45, 2.75) is 26.2 Å². The van der Waals surface area contributed by atoms with Crippen LogP contribution in [0.15, 0.2) is 12.7 Å². The van der Waals surface area contributed by atoms with E-state index in [-0.39, 0.29) is 5.75 Å². The fourth-order valence-corrected chi connectivity index (χ4v) is 3.05. The van der Waals surface area contributed by atoms with Crippen LogP contribution in [0.2, 0.25) is 0 Å². The molecule has 5 heteroatoms. The van der Waals surface area contributed by atoms with Crippen molar-refractivity contribution in [1.82, 2.24) is 4.31 Å². The summed E-state index contributed by atoms with van der Waals surface area (Å²) in [6.45, 7) is 6.49. The normalized spacial score (nSPS) is 11.9. The van der Waals surface area contributed by atoms with E-state index in [0.717, 1.165) is 12.8 Å². The van der Waals surface area contributed by atoms with Gasteiger partial charge in [0.2, 0.25) is 10.0 Å². The Morgan fingerprint density at radius 2 is 2.07 bits per heavy atom. The lowest BCUT2D eigenvalue weighted by atomic mass is 10.4. The maximum absolute atomic E-state index is 11.8. The molecule has 0 aliphatic rings. The van der Waals surface area contributed by atoms with Gasteiger partial charge in [-0.3, -0.25) is 0 Å². The van der Waals surface area contributed by atoms with Crippen molar-refractivity contribution in [2.75, 3.05) is 24.7 Å². The van der Waals surface area contributed by atoms with Gasteiger partial charge in [0, 0.05) is 19.0 Å². The van der Waals surface area contributed by atoms with Crippen LogP contribution in [0, 0.1) is 0 Å². The van der Waals surface area contributed by atoms with Gasteiger partial charge in [0.15, 0.2) is 0 Å². The average Bonchev–Trinajstić information content (AvgIpc) is 2.18. The third kappa shape index (κ3) is 6.17. The first-order valence-electron chi connectivity index (χ1n) is 5.23. The zero-order chi connectivity index (χ0) is 11.7. The predicted octanol–water partition coefficient (Wildman–Crippen LogP) is 2.23. The maximum atomic E-state index is 11.8. The second-order valence-corrected chi connectivity index (χ2v) is 5.83.